The molecule has 1 saturated heterocycles. The molecule has 3 rings (SSSR count). The van der Waals surface area contributed by atoms with Gasteiger partial charge < -0.3 is 9.64 Å². The molecule has 0 amide bonds. The summed E-state index contributed by atoms with van der Waals surface area (Å²) < 4.78 is 33.7. The van der Waals surface area contributed by atoms with E-state index < -0.39 is 10.0 Å². The monoisotopic (exact) mass is 388 g/mol. The van der Waals surface area contributed by atoms with Gasteiger partial charge in [0.05, 0.1) is 11.5 Å². The normalized spacial score (nSPS) is 17.4. The standard InChI is InChI=1S/C21H28N2O3S/c1-17(2)16-26-20-10-12-21(13-11-20)27(24,25)22-15-19-9-6-14-23(19)18-7-4-3-5-8-18/h3-5,7-8,10-13,17,19,22H,6,9,14-16H2,1-2H3. The lowest BCUT2D eigenvalue weighted by atomic mass is 10.2. The van der Waals surface area contributed by atoms with Crippen molar-refractivity contribution in [3.63, 3.8) is 0 Å². The Morgan fingerprint density at radius 3 is 2.48 bits per heavy atom. The molecule has 146 valence electrons. The summed E-state index contributed by atoms with van der Waals surface area (Å²) >= 11 is 0. The van der Waals surface area contributed by atoms with Crippen molar-refractivity contribution in [3.8, 4) is 5.75 Å². The van der Waals surface area contributed by atoms with Gasteiger partial charge in [-0.05, 0) is 55.2 Å². The van der Waals surface area contributed by atoms with Gasteiger partial charge in [0.2, 0.25) is 10.0 Å². The van der Waals surface area contributed by atoms with Gasteiger partial charge in [-0.25, -0.2) is 13.1 Å². The van der Waals surface area contributed by atoms with Crippen molar-refractivity contribution in [3.05, 3.63) is 54.6 Å². The lowest BCUT2D eigenvalue weighted by Crippen LogP contribution is -2.40. The van der Waals surface area contributed by atoms with Gasteiger partial charge >= 0.3 is 0 Å². The molecule has 0 spiro atoms. The molecule has 1 aliphatic heterocycles. The molecule has 1 N–H and O–H groups in total. The van der Waals surface area contributed by atoms with E-state index in [-0.39, 0.29) is 10.9 Å². The molecule has 27 heavy (non-hydrogen) atoms. The minimum Gasteiger partial charge on any atom is -0.493 e. The fourth-order valence-electron chi connectivity index (χ4n) is 3.27. The van der Waals surface area contributed by atoms with Gasteiger partial charge in [-0.2, -0.15) is 0 Å². The first-order valence-electron chi connectivity index (χ1n) is 9.50. The van der Waals surface area contributed by atoms with Crippen LogP contribution in [0.1, 0.15) is 26.7 Å². The Bertz CT molecular complexity index is 820. The zero-order chi connectivity index (χ0) is 19.3. The maximum absolute atomic E-state index is 12.6. The molecule has 2 aromatic carbocycles. The number of para-hydroxylation sites is 1. The quantitative estimate of drug-likeness (QED) is 0.750. The molecule has 0 bridgehead atoms. The van der Waals surface area contributed by atoms with Crippen LogP contribution < -0.4 is 14.4 Å². The van der Waals surface area contributed by atoms with Gasteiger partial charge in [0.25, 0.3) is 0 Å². The Hall–Kier alpha value is -2.05. The molecule has 6 heteroatoms. The van der Waals surface area contributed by atoms with E-state index in [0.29, 0.717) is 24.8 Å². The number of hydrogen-bond acceptors (Lipinski definition) is 4. The van der Waals surface area contributed by atoms with E-state index >= 15 is 0 Å². The molecule has 0 saturated carbocycles. The highest BCUT2D eigenvalue weighted by Crippen LogP contribution is 2.25. The first-order valence-corrected chi connectivity index (χ1v) is 11.0. The summed E-state index contributed by atoms with van der Waals surface area (Å²) in [6, 6.07) is 17.0. The lowest BCUT2D eigenvalue weighted by molar-refractivity contribution is 0.271. The van der Waals surface area contributed by atoms with Gasteiger partial charge in [0.1, 0.15) is 5.75 Å². The molecule has 1 unspecified atom stereocenters. The van der Waals surface area contributed by atoms with Crippen LogP contribution in [0.4, 0.5) is 5.69 Å². The molecule has 0 aromatic heterocycles. The summed E-state index contributed by atoms with van der Waals surface area (Å²) in [6.07, 6.45) is 2.06. The van der Waals surface area contributed by atoms with Gasteiger partial charge in [-0.1, -0.05) is 32.0 Å². The maximum Gasteiger partial charge on any atom is 0.240 e. The molecule has 1 fully saturated rings. The minimum atomic E-state index is -3.53. The average molecular weight is 389 g/mol. The molecule has 1 heterocycles. The zero-order valence-electron chi connectivity index (χ0n) is 16.0. The van der Waals surface area contributed by atoms with E-state index in [2.05, 4.69) is 35.6 Å². The van der Waals surface area contributed by atoms with Crippen LogP contribution in [0.2, 0.25) is 0 Å². The Balaban J connectivity index is 1.61. The van der Waals surface area contributed by atoms with Crippen LogP contribution in [0.15, 0.2) is 59.5 Å². The molecular weight excluding hydrogens is 360 g/mol. The van der Waals surface area contributed by atoms with Crippen LogP contribution in [0.5, 0.6) is 5.75 Å². The van der Waals surface area contributed by atoms with Crippen molar-refractivity contribution in [2.75, 3.05) is 24.6 Å². The first-order chi connectivity index (χ1) is 13.0. The van der Waals surface area contributed by atoms with Gasteiger partial charge in [0, 0.05) is 24.8 Å². The van der Waals surface area contributed by atoms with Crippen LogP contribution in [-0.2, 0) is 10.0 Å². The van der Waals surface area contributed by atoms with Crippen molar-refractivity contribution < 1.29 is 13.2 Å². The Labute approximate surface area is 162 Å². The van der Waals surface area contributed by atoms with Crippen LogP contribution in [0.25, 0.3) is 0 Å². The molecule has 1 aliphatic rings. The number of nitrogens with one attached hydrogen (secondary N) is 1. The number of nitrogens with zero attached hydrogens (tertiary/aromatic N) is 1. The zero-order valence-corrected chi connectivity index (χ0v) is 16.8. The fraction of sp³-hybridized carbons (Fsp3) is 0.429. The molecule has 5 nitrogen and oxygen atoms in total. The summed E-state index contributed by atoms with van der Waals surface area (Å²) in [5.41, 5.74) is 1.14. The van der Waals surface area contributed by atoms with E-state index in [1.54, 1.807) is 24.3 Å². The van der Waals surface area contributed by atoms with Gasteiger partial charge in [-0.3, -0.25) is 0 Å². The second kappa shape index (κ2) is 8.76. The summed E-state index contributed by atoms with van der Waals surface area (Å²) in [5.74, 6) is 1.11. The van der Waals surface area contributed by atoms with Crippen molar-refractivity contribution in [2.24, 2.45) is 5.92 Å². The molecule has 1 atom stereocenters. The number of ether oxygens (including phenoxy) is 1. The van der Waals surface area contributed by atoms with Crippen molar-refractivity contribution >= 4 is 15.7 Å². The van der Waals surface area contributed by atoms with Crippen LogP contribution in [-0.4, -0.2) is 34.2 Å². The van der Waals surface area contributed by atoms with Crippen LogP contribution in [0.3, 0.4) is 0 Å². The topological polar surface area (TPSA) is 58.6 Å². The second-order valence-electron chi connectivity index (χ2n) is 7.35. The van der Waals surface area contributed by atoms with Crippen molar-refractivity contribution in [1.82, 2.24) is 4.72 Å². The van der Waals surface area contributed by atoms with E-state index in [0.717, 1.165) is 25.1 Å². The smallest absolute Gasteiger partial charge is 0.240 e. The third kappa shape index (κ3) is 5.23. The second-order valence-corrected chi connectivity index (χ2v) is 9.12. The summed E-state index contributed by atoms with van der Waals surface area (Å²) in [5, 5.41) is 0. The molecule has 0 radical (unpaired) electrons. The predicted octanol–water partition coefficient (Wildman–Crippen LogP) is 3.67. The summed E-state index contributed by atoms with van der Waals surface area (Å²) in [4.78, 5) is 2.55. The Kier molecular flexibility index (Phi) is 6.39. The highest BCUT2D eigenvalue weighted by molar-refractivity contribution is 7.89. The third-order valence-corrected chi connectivity index (χ3v) is 6.13. The fourth-order valence-corrected chi connectivity index (χ4v) is 4.35. The Morgan fingerprint density at radius 2 is 1.81 bits per heavy atom. The average Bonchev–Trinajstić information content (AvgIpc) is 3.14. The van der Waals surface area contributed by atoms with E-state index in [4.69, 9.17) is 4.74 Å². The highest BCUT2D eigenvalue weighted by Gasteiger charge is 2.26. The Morgan fingerprint density at radius 1 is 1.11 bits per heavy atom. The number of hydrogen-bond donors (Lipinski definition) is 1. The minimum absolute atomic E-state index is 0.177. The van der Waals surface area contributed by atoms with Gasteiger partial charge in [0.15, 0.2) is 0 Å². The van der Waals surface area contributed by atoms with Gasteiger partial charge in [-0.15, -0.1) is 0 Å². The lowest BCUT2D eigenvalue weighted by Gasteiger charge is -2.27. The predicted molar refractivity (Wildman–Crippen MR) is 109 cm³/mol. The van der Waals surface area contributed by atoms with E-state index in [1.165, 1.54) is 0 Å². The number of rotatable bonds is 8. The first kappa shape index (κ1) is 19.7. The number of sulfonamides is 1. The molecule has 2 aromatic rings. The number of benzene rings is 2. The third-order valence-electron chi connectivity index (χ3n) is 4.69. The highest BCUT2D eigenvalue weighted by atomic mass is 32.2. The largest absolute Gasteiger partial charge is 0.493 e. The van der Waals surface area contributed by atoms with E-state index in [9.17, 15) is 8.42 Å². The van der Waals surface area contributed by atoms with Crippen LogP contribution >= 0.6 is 0 Å². The maximum atomic E-state index is 12.6. The van der Waals surface area contributed by atoms with Crippen molar-refractivity contribution in [2.45, 2.75) is 37.6 Å². The van der Waals surface area contributed by atoms with E-state index in [1.807, 2.05) is 18.2 Å². The molecule has 0 aliphatic carbocycles. The van der Waals surface area contributed by atoms with Crippen molar-refractivity contribution in [1.29, 1.82) is 0 Å². The summed E-state index contributed by atoms with van der Waals surface area (Å²) in [6.45, 7) is 6.12. The molecular formula is C21H28N2O3S. The summed E-state index contributed by atoms with van der Waals surface area (Å²) in [7, 11) is -3.53. The SMILES string of the molecule is CC(C)COc1ccc(S(=O)(=O)NCC2CCCN2c2ccccc2)cc1. The number of anilines is 1. The van der Waals surface area contributed by atoms with Crippen LogP contribution in [0, 0.1) is 5.92 Å².